The van der Waals surface area contributed by atoms with Crippen LogP contribution < -0.4 is 15.4 Å². The van der Waals surface area contributed by atoms with Gasteiger partial charge in [0.1, 0.15) is 35.4 Å². The predicted molar refractivity (Wildman–Crippen MR) is 145 cm³/mol. The molecule has 40 heavy (non-hydrogen) atoms. The predicted octanol–water partition coefficient (Wildman–Crippen LogP) is 1.77. The first-order valence-corrected chi connectivity index (χ1v) is 12.5. The van der Waals surface area contributed by atoms with Gasteiger partial charge in [-0.1, -0.05) is 24.3 Å². The third-order valence-corrected chi connectivity index (χ3v) is 6.58. The molecule has 1 aliphatic carbocycles. The van der Waals surface area contributed by atoms with Crippen LogP contribution in [-0.2, 0) is 32.2 Å². The standard InChI is InChI=1S/C29H30N4O7/c1-30-27(35)20-10-8-18(9-11-20)16-33-28(36)22-13-24(39-3)25(40-4)14-23(22)32(29(33)37)17-26(34)31-15-19-6-5-7-21(12-19)38-2/h5-14,24H,15-17H2,1-4H3,(H-,30,31,34,35)/p+1. The van der Waals surface area contributed by atoms with Crippen LogP contribution in [-0.4, -0.2) is 80.0 Å². The molecule has 0 radical (unpaired) electrons. The molecule has 2 aromatic rings. The number of carbonyl (C=O) groups excluding carboxylic acids is 4. The summed E-state index contributed by atoms with van der Waals surface area (Å²) in [6.07, 6.45) is 2.48. The van der Waals surface area contributed by atoms with E-state index in [2.05, 4.69) is 10.6 Å². The lowest BCUT2D eigenvalue weighted by Crippen LogP contribution is -2.53. The van der Waals surface area contributed by atoms with Crippen molar-refractivity contribution in [1.82, 2.24) is 15.5 Å². The molecular weight excluding hydrogens is 516 g/mol. The van der Waals surface area contributed by atoms with Gasteiger partial charge in [-0.25, -0.2) is 4.79 Å². The molecule has 2 aliphatic rings. The summed E-state index contributed by atoms with van der Waals surface area (Å²) < 4.78 is 17.4. The molecule has 11 heteroatoms. The SMILES string of the molecule is CNC(=O)c1ccc(CN2C(=O)C3=CC(OC)C(OC)=CC3=[N+](CC(=O)NCc3cccc(OC)c3)C2=O)cc1. The van der Waals surface area contributed by atoms with E-state index in [0.717, 1.165) is 10.5 Å². The summed E-state index contributed by atoms with van der Waals surface area (Å²) in [7, 11) is 6.04. The van der Waals surface area contributed by atoms with Crippen molar-refractivity contribution in [2.75, 3.05) is 34.9 Å². The first kappa shape index (κ1) is 28.2. The van der Waals surface area contributed by atoms with E-state index in [1.165, 1.54) is 25.8 Å². The van der Waals surface area contributed by atoms with Gasteiger partial charge in [0.25, 0.3) is 11.8 Å². The Balaban J connectivity index is 1.63. The normalized spacial score (nSPS) is 16.6. The smallest absolute Gasteiger partial charge is 0.498 e. The summed E-state index contributed by atoms with van der Waals surface area (Å²) in [5.41, 5.74) is 2.37. The Labute approximate surface area is 231 Å². The van der Waals surface area contributed by atoms with Crippen LogP contribution in [0.15, 0.2) is 72.0 Å². The number of nitrogens with one attached hydrogen (secondary N) is 2. The number of carbonyl (C=O) groups is 4. The molecule has 2 N–H and O–H groups in total. The van der Waals surface area contributed by atoms with E-state index in [-0.39, 0.29) is 36.8 Å². The van der Waals surface area contributed by atoms with Crippen LogP contribution in [0.5, 0.6) is 5.75 Å². The second kappa shape index (κ2) is 12.4. The van der Waals surface area contributed by atoms with E-state index in [0.29, 0.717) is 22.6 Å². The van der Waals surface area contributed by atoms with E-state index in [1.54, 1.807) is 55.7 Å². The molecule has 4 rings (SSSR count). The fourth-order valence-electron chi connectivity index (χ4n) is 4.42. The van der Waals surface area contributed by atoms with Crippen molar-refractivity contribution in [3.8, 4) is 5.75 Å². The molecule has 1 heterocycles. The summed E-state index contributed by atoms with van der Waals surface area (Å²) >= 11 is 0. The molecule has 1 atom stereocenters. The van der Waals surface area contributed by atoms with Crippen molar-refractivity contribution >= 4 is 29.5 Å². The highest BCUT2D eigenvalue weighted by molar-refractivity contribution is 6.29. The van der Waals surface area contributed by atoms with Crippen LogP contribution >= 0.6 is 0 Å². The van der Waals surface area contributed by atoms with E-state index < -0.39 is 23.9 Å². The minimum atomic E-state index is -0.661. The quantitative estimate of drug-likeness (QED) is 0.434. The Hall–Kier alpha value is -4.77. The van der Waals surface area contributed by atoms with Gasteiger partial charge in [-0.3, -0.25) is 9.59 Å². The van der Waals surface area contributed by atoms with Crippen molar-refractivity contribution in [2.24, 2.45) is 0 Å². The minimum Gasteiger partial charge on any atom is -0.498 e. The molecule has 0 fully saturated rings. The van der Waals surface area contributed by atoms with Crippen LogP contribution in [0.2, 0.25) is 0 Å². The summed E-state index contributed by atoms with van der Waals surface area (Å²) in [6.45, 7) is -0.169. The summed E-state index contributed by atoms with van der Waals surface area (Å²) in [6, 6.07) is 13.2. The molecule has 11 nitrogen and oxygen atoms in total. The number of ether oxygens (including phenoxy) is 3. The van der Waals surface area contributed by atoms with E-state index in [9.17, 15) is 19.2 Å². The van der Waals surface area contributed by atoms with Crippen molar-refractivity contribution in [3.05, 3.63) is 88.7 Å². The summed E-state index contributed by atoms with van der Waals surface area (Å²) in [5.74, 6) is -0.152. The lowest BCUT2D eigenvalue weighted by molar-refractivity contribution is -0.425. The Morgan fingerprint density at radius 2 is 1.75 bits per heavy atom. The molecule has 2 aromatic carbocycles. The molecule has 5 amide bonds. The third-order valence-electron chi connectivity index (χ3n) is 6.58. The van der Waals surface area contributed by atoms with Crippen molar-refractivity contribution < 1.29 is 38.0 Å². The van der Waals surface area contributed by atoms with Gasteiger partial charge in [-0.2, -0.15) is 14.3 Å². The number of hydrogen-bond acceptors (Lipinski definition) is 7. The van der Waals surface area contributed by atoms with Gasteiger partial charge in [0.15, 0.2) is 6.54 Å². The van der Waals surface area contributed by atoms with Crippen molar-refractivity contribution in [1.29, 1.82) is 0 Å². The average Bonchev–Trinajstić information content (AvgIpc) is 2.99. The number of benzene rings is 2. The zero-order chi connectivity index (χ0) is 28.8. The van der Waals surface area contributed by atoms with Crippen molar-refractivity contribution in [3.63, 3.8) is 0 Å². The lowest BCUT2D eigenvalue weighted by Gasteiger charge is -2.27. The van der Waals surface area contributed by atoms with Crippen LogP contribution in [0.25, 0.3) is 0 Å². The van der Waals surface area contributed by atoms with Gasteiger partial charge in [-0.05, 0) is 41.5 Å². The zero-order valence-electron chi connectivity index (χ0n) is 22.7. The fourth-order valence-corrected chi connectivity index (χ4v) is 4.42. The zero-order valence-corrected chi connectivity index (χ0v) is 22.7. The maximum atomic E-state index is 13.7. The number of nitrogens with zero attached hydrogens (tertiary/aromatic N) is 2. The highest BCUT2D eigenvalue weighted by Crippen LogP contribution is 2.25. The largest absolute Gasteiger partial charge is 0.502 e. The van der Waals surface area contributed by atoms with E-state index in [4.69, 9.17) is 14.2 Å². The van der Waals surface area contributed by atoms with Gasteiger partial charge in [-0.15, -0.1) is 0 Å². The number of fused-ring (bicyclic) bond motifs is 1. The van der Waals surface area contributed by atoms with E-state index >= 15 is 0 Å². The Morgan fingerprint density at radius 1 is 1.00 bits per heavy atom. The van der Waals surface area contributed by atoms with Gasteiger partial charge in [0.2, 0.25) is 0 Å². The molecule has 0 saturated heterocycles. The van der Waals surface area contributed by atoms with Crippen LogP contribution in [0, 0.1) is 0 Å². The van der Waals surface area contributed by atoms with Gasteiger partial charge >= 0.3 is 11.9 Å². The molecule has 0 saturated carbocycles. The maximum Gasteiger partial charge on any atom is 0.502 e. The number of imide groups is 1. The molecule has 0 bridgehead atoms. The molecule has 1 aliphatic heterocycles. The summed E-state index contributed by atoms with van der Waals surface area (Å²) in [5, 5.41) is 5.37. The van der Waals surface area contributed by atoms with Crippen molar-refractivity contribution in [2.45, 2.75) is 19.2 Å². The summed E-state index contributed by atoms with van der Waals surface area (Å²) in [4.78, 5) is 53.2. The first-order chi connectivity index (χ1) is 19.3. The minimum absolute atomic E-state index is 0.0588. The molecule has 1 unspecified atom stereocenters. The third kappa shape index (κ3) is 5.94. The van der Waals surface area contributed by atoms with Gasteiger partial charge in [0, 0.05) is 32.3 Å². The second-order valence-electron chi connectivity index (χ2n) is 9.04. The molecular formula is C29H31N4O7+. The number of amides is 5. The van der Waals surface area contributed by atoms with Crippen LogP contribution in [0.4, 0.5) is 4.79 Å². The van der Waals surface area contributed by atoms with Crippen LogP contribution in [0.3, 0.4) is 0 Å². The Kier molecular flexibility index (Phi) is 8.75. The van der Waals surface area contributed by atoms with E-state index in [1.807, 2.05) is 12.1 Å². The Morgan fingerprint density at radius 3 is 2.40 bits per heavy atom. The molecule has 0 spiro atoms. The number of hydrogen-bond donors (Lipinski definition) is 2. The number of urea groups is 1. The first-order valence-electron chi connectivity index (χ1n) is 12.5. The fraction of sp³-hybridized carbons (Fsp3) is 0.276. The lowest BCUT2D eigenvalue weighted by atomic mass is 9.96. The highest BCUT2D eigenvalue weighted by atomic mass is 16.5. The maximum absolute atomic E-state index is 13.7. The number of methoxy groups -OCH3 is 3. The Bertz CT molecular complexity index is 1430. The number of rotatable bonds is 10. The number of allylic oxidation sites excluding steroid dienone is 1. The molecule has 0 aromatic heterocycles. The topological polar surface area (TPSA) is 126 Å². The van der Waals surface area contributed by atoms with Crippen LogP contribution in [0.1, 0.15) is 21.5 Å². The second-order valence-corrected chi connectivity index (χ2v) is 9.04. The average molecular weight is 548 g/mol. The molecule has 208 valence electrons. The van der Waals surface area contributed by atoms with Gasteiger partial charge in [0.05, 0.1) is 14.2 Å². The monoisotopic (exact) mass is 547 g/mol. The highest BCUT2D eigenvalue weighted by Gasteiger charge is 2.46. The van der Waals surface area contributed by atoms with Gasteiger partial charge < -0.3 is 24.8 Å².